The van der Waals surface area contributed by atoms with Gasteiger partial charge in [0, 0.05) is 17.5 Å². The van der Waals surface area contributed by atoms with E-state index in [1.807, 2.05) is 42.5 Å². The van der Waals surface area contributed by atoms with Crippen molar-refractivity contribution in [3.8, 4) is 17.2 Å². The number of benzene rings is 3. The lowest BCUT2D eigenvalue weighted by Gasteiger charge is -2.16. The van der Waals surface area contributed by atoms with Crippen LogP contribution in [0.2, 0.25) is 0 Å². The van der Waals surface area contributed by atoms with E-state index in [4.69, 9.17) is 18.9 Å². The SMILES string of the molecule is COc1cc(CCC(=O)O[C@H](C)C(=O)Nc2cccc3ccccc23)cc(OC)c1OC. The van der Waals surface area contributed by atoms with Crippen LogP contribution < -0.4 is 19.5 Å². The van der Waals surface area contributed by atoms with Gasteiger partial charge in [0.15, 0.2) is 17.6 Å². The molecule has 0 aromatic heterocycles. The molecular formula is C25H27NO6. The van der Waals surface area contributed by atoms with Gasteiger partial charge in [0.25, 0.3) is 5.91 Å². The van der Waals surface area contributed by atoms with Crippen LogP contribution in [0.1, 0.15) is 18.9 Å². The van der Waals surface area contributed by atoms with Gasteiger partial charge in [-0.2, -0.15) is 0 Å². The Morgan fingerprint density at radius 1 is 0.906 bits per heavy atom. The molecule has 0 bridgehead atoms. The molecule has 7 heteroatoms. The number of rotatable bonds is 9. The lowest BCUT2D eigenvalue weighted by Crippen LogP contribution is -2.30. The maximum Gasteiger partial charge on any atom is 0.306 e. The van der Waals surface area contributed by atoms with Crippen molar-refractivity contribution in [1.82, 2.24) is 0 Å². The normalized spacial score (nSPS) is 11.5. The van der Waals surface area contributed by atoms with Crippen LogP contribution in [0.5, 0.6) is 17.2 Å². The van der Waals surface area contributed by atoms with Gasteiger partial charge in [-0.1, -0.05) is 36.4 Å². The molecule has 0 spiro atoms. The number of anilines is 1. The van der Waals surface area contributed by atoms with Gasteiger partial charge in [-0.25, -0.2) is 0 Å². The largest absolute Gasteiger partial charge is 0.493 e. The molecular weight excluding hydrogens is 410 g/mol. The van der Waals surface area contributed by atoms with E-state index in [2.05, 4.69) is 5.32 Å². The molecule has 0 heterocycles. The van der Waals surface area contributed by atoms with Gasteiger partial charge >= 0.3 is 5.97 Å². The molecule has 0 unspecified atom stereocenters. The Balaban J connectivity index is 1.59. The highest BCUT2D eigenvalue weighted by molar-refractivity contribution is 6.03. The average Bonchev–Trinajstić information content (AvgIpc) is 2.82. The fraction of sp³-hybridized carbons (Fsp3) is 0.280. The van der Waals surface area contributed by atoms with Crippen molar-refractivity contribution < 1.29 is 28.5 Å². The number of hydrogen-bond acceptors (Lipinski definition) is 6. The Hall–Kier alpha value is -3.74. The first-order valence-electron chi connectivity index (χ1n) is 10.2. The molecule has 7 nitrogen and oxygen atoms in total. The molecule has 3 aromatic carbocycles. The molecule has 32 heavy (non-hydrogen) atoms. The van der Waals surface area contributed by atoms with E-state index < -0.39 is 12.1 Å². The number of ether oxygens (including phenoxy) is 4. The number of aryl methyl sites for hydroxylation is 1. The van der Waals surface area contributed by atoms with Crippen molar-refractivity contribution in [2.24, 2.45) is 0 Å². The van der Waals surface area contributed by atoms with E-state index in [9.17, 15) is 9.59 Å². The predicted molar refractivity (Wildman–Crippen MR) is 123 cm³/mol. The zero-order valence-electron chi connectivity index (χ0n) is 18.6. The van der Waals surface area contributed by atoms with Crippen molar-refractivity contribution in [1.29, 1.82) is 0 Å². The van der Waals surface area contributed by atoms with Gasteiger partial charge in [0.05, 0.1) is 21.3 Å². The Morgan fingerprint density at radius 3 is 2.22 bits per heavy atom. The third kappa shape index (κ3) is 5.29. The van der Waals surface area contributed by atoms with Gasteiger partial charge < -0.3 is 24.3 Å². The fourth-order valence-electron chi connectivity index (χ4n) is 3.40. The van der Waals surface area contributed by atoms with Crippen LogP contribution in [-0.2, 0) is 20.7 Å². The Morgan fingerprint density at radius 2 is 1.56 bits per heavy atom. The summed E-state index contributed by atoms with van der Waals surface area (Å²) in [6.07, 6.45) is -0.431. The summed E-state index contributed by atoms with van der Waals surface area (Å²) in [6.45, 7) is 1.55. The quantitative estimate of drug-likeness (QED) is 0.501. The van der Waals surface area contributed by atoms with Crippen LogP contribution in [0.4, 0.5) is 5.69 Å². The van der Waals surface area contributed by atoms with Crippen molar-refractivity contribution in [2.45, 2.75) is 25.9 Å². The van der Waals surface area contributed by atoms with Crippen molar-refractivity contribution in [3.63, 3.8) is 0 Å². The maximum atomic E-state index is 12.6. The third-order valence-corrected chi connectivity index (χ3v) is 5.07. The first kappa shape index (κ1) is 22.9. The van der Waals surface area contributed by atoms with Gasteiger partial charge in [0.1, 0.15) is 0 Å². The highest BCUT2D eigenvalue weighted by atomic mass is 16.5. The number of fused-ring (bicyclic) bond motifs is 1. The van der Waals surface area contributed by atoms with Crippen molar-refractivity contribution in [2.75, 3.05) is 26.6 Å². The summed E-state index contributed by atoms with van der Waals surface area (Å²) in [7, 11) is 4.60. The molecule has 1 N–H and O–H groups in total. The molecule has 0 aliphatic carbocycles. The van der Waals surface area contributed by atoms with Gasteiger partial charge in [-0.15, -0.1) is 0 Å². The van der Waals surface area contributed by atoms with Gasteiger partial charge in [-0.3, -0.25) is 9.59 Å². The number of esters is 1. The van der Waals surface area contributed by atoms with Gasteiger partial charge in [0.2, 0.25) is 5.75 Å². The van der Waals surface area contributed by atoms with E-state index in [0.717, 1.165) is 16.3 Å². The minimum Gasteiger partial charge on any atom is -0.493 e. The highest BCUT2D eigenvalue weighted by Crippen LogP contribution is 2.38. The summed E-state index contributed by atoms with van der Waals surface area (Å²) in [5.41, 5.74) is 1.50. The summed E-state index contributed by atoms with van der Waals surface area (Å²) < 4.78 is 21.3. The number of nitrogens with one attached hydrogen (secondary N) is 1. The standard InChI is InChI=1S/C25H27NO6/c1-16(25(28)26-20-11-7-9-18-8-5-6-10-19(18)20)32-23(27)13-12-17-14-21(29-2)24(31-4)22(15-17)30-3/h5-11,14-16H,12-13H2,1-4H3,(H,26,28)/t16-/m1/s1. The molecule has 0 aliphatic rings. The van der Waals surface area contributed by atoms with Gasteiger partial charge in [-0.05, 0) is 42.5 Å². The van der Waals surface area contributed by atoms with E-state index >= 15 is 0 Å². The average molecular weight is 437 g/mol. The van der Waals surface area contributed by atoms with E-state index in [0.29, 0.717) is 29.4 Å². The molecule has 1 atom stereocenters. The van der Waals surface area contributed by atoms with Crippen LogP contribution in [0.15, 0.2) is 54.6 Å². The Kier molecular flexibility index (Phi) is 7.54. The van der Waals surface area contributed by atoms with E-state index in [1.54, 1.807) is 19.1 Å². The minimum atomic E-state index is -0.929. The first-order chi connectivity index (χ1) is 15.5. The zero-order chi connectivity index (χ0) is 23.1. The third-order valence-electron chi connectivity index (χ3n) is 5.07. The smallest absolute Gasteiger partial charge is 0.306 e. The topological polar surface area (TPSA) is 83.1 Å². The maximum absolute atomic E-state index is 12.6. The molecule has 3 aromatic rings. The monoisotopic (exact) mass is 437 g/mol. The summed E-state index contributed by atoms with van der Waals surface area (Å²) in [5.74, 6) is 0.651. The first-order valence-corrected chi connectivity index (χ1v) is 10.2. The molecule has 0 fully saturated rings. The Labute approximate surface area is 187 Å². The lowest BCUT2D eigenvalue weighted by atomic mass is 10.1. The molecule has 3 rings (SSSR count). The second-order valence-electron chi connectivity index (χ2n) is 7.18. The summed E-state index contributed by atoms with van der Waals surface area (Å²) >= 11 is 0. The summed E-state index contributed by atoms with van der Waals surface area (Å²) in [4.78, 5) is 24.9. The summed E-state index contributed by atoms with van der Waals surface area (Å²) in [5, 5.41) is 4.78. The molecule has 1 amide bonds. The fourth-order valence-corrected chi connectivity index (χ4v) is 3.40. The number of amides is 1. The van der Waals surface area contributed by atoms with Crippen LogP contribution in [0.25, 0.3) is 10.8 Å². The number of methoxy groups -OCH3 is 3. The zero-order valence-corrected chi connectivity index (χ0v) is 18.6. The van der Waals surface area contributed by atoms with Crippen LogP contribution in [0.3, 0.4) is 0 Å². The lowest BCUT2D eigenvalue weighted by molar-refractivity contribution is -0.153. The van der Waals surface area contributed by atoms with Crippen LogP contribution >= 0.6 is 0 Å². The van der Waals surface area contributed by atoms with E-state index in [-0.39, 0.29) is 12.3 Å². The molecule has 0 saturated carbocycles. The number of carbonyl (C=O) groups is 2. The Bertz CT molecular complexity index is 1080. The van der Waals surface area contributed by atoms with Crippen molar-refractivity contribution >= 4 is 28.3 Å². The number of carbonyl (C=O) groups excluding carboxylic acids is 2. The molecule has 0 saturated heterocycles. The number of hydrogen-bond donors (Lipinski definition) is 1. The minimum absolute atomic E-state index is 0.102. The second-order valence-corrected chi connectivity index (χ2v) is 7.18. The second kappa shape index (κ2) is 10.5. The molecule has 168 valence electrons. The molecule has 0 aliphatic heterocycles. The van der Waals surface area contributed by atoms with E-state index in [1.165, 1.54) is 21.3 Å². The summed E-state index contributed by atoms with van der Waals surface area (Å²) in [6, 6.07) is 17.0. The van der Waals surface area contributed by atoms with Crippen LogP contribution in [0, 0.1) is 0 Å². The van der Waals surface area contributed by atoms with Crippen molar-refractivity contribution in [3.05, 3.63) is 60.2 Å². The van der Waals surface area contributed by atoms with Crippen LogP contribution in [-0.4, -0.2) is 39.3 Å². The highest BCUT2D eigenvalue weighted by Gasteiger charge is 2.19. The molecule has 0 radical (unpaired) electrons. The predicted octanol–water partition coefficient (Wildman–Crippen LogP) is 4.37.